The maximum absolute atomic E-state index is 4.15. The molecule has 1 aliphatic rings. The largest absolute Gasteiger partial charge is 1.00 e. The van der Waals surface area contributed by atoms with E-state index in [9.17, 15) is 0 Å². The van der Waals surface area contributed by atoms with Crippen LogP contribution in [0.3, 0.4) is 0 Å². The molecule has 0 saturated heterocycles. The van der Waals surface area contributed by atoms with E-state index in [1.807, 2.05) is 0 Å². The Morgan fingerprint density at radius 1 is 0.958 bits per heavy atom. The maximum Gasteiger partial charge on any atom is -1.00 e. The van der Waals surface area contributed by atoms with Crippen LogP contribution < -0.4 is 28.1 Å². The van der Waals surface area contributed by atoms with E-state index in [-0.39, 0.29) is 24.8 Å². The summed E-state index contributed by atoms with van der Waals surface area (Å²) >= 11 is -1.70. The van der Waals surface area contributed by atoms with Gasteiger partial charge < -0.3 is 24.8 Å². The second-order valence-corrected chi connectivity index (χ2v) is 25.5. The Hall–Kier alpha value is 0.0800. The standard InChI is InChI=1S/C13H9.C4H10N.C2H7Si.2ClH.Zr/c1-3-7-12-10(5-1)9-11-6-2-4-8-13(11)12;1-3-4(2)5;1-3-2;;;/h1-9H;4-5H,3H2,1-2H3;3H,1-2H3;2*1H;/q;-1;;;;+3/p-2. The SMILES string of the molecule is CCC(C)[NH][Zr+2]([CH]1c2ccccc2-c2ccccc21)[SiH](C)C.[Cl-].[Cl-]. The first-order valence-corrected chi connectivity index (χ1v) is 18.2. The third-order valence-corrected chi connectivity index (χ3v) is 23.3. The van der Waals surface area contributed by atoms with Gasteiger partial charge in [0.25, 0.3) is 0 Å². The second-order valence-electron chi connectivity index (χ2n) is 6.67. The van der Waals surface area contributed by atoms with E-state index in [2.05, 4.69) is 78.7 Å². The number of halogens is 2. The first-order chi connectivity index (χ1) is 10.6. The van der Waals surface area contributed by atoms with Gasteiger partial charge in [-0.15, -0.1) is 0 Å². The molecule has 1 nitrogen and oxygen atoms in total. The average molecular weight is 459 g/mol. The van der Waals surface area contributed by atoms with Crippen molar-refractivity contribution in [2.75, 3.05) is 0 Å². The first kappa shape index (κ1) is 22.1. The molecule has 0 spiro atoms. The Kier molecular flexibility index (Phi) is 8.93. The summed E-state index contributed by atoms with van der Waals surface area (Å²) in [5, 5.41) is 0. The van der Waals surface area contributed by atoms with Crippen LogP contribution in [0.4, 0.5) is 0 Å². The number of hydrogen-bond acceptors (Lipinski definition) is 1. The summed E-state index contributed by atoms with van der Waals surface area (Å²) in [7, 11) is 0. The number of benzene rings is 2. The molecule has 0 saturated carbocycles. The summed E-state index contributed by atoms with van der Waals surface area (Å²) in [4.78, 5) is 0. The Morgan fingerprint density at radius 2 is 1.42 bits per heavy atom. The summed E-state index contributed by atoms with van der Waals surface area (Å²) in [6.45, 7) is 9.79. The maximum atomic E-state index is 4.15. The summed E-state index contributed by atoms with van der Waals surface area (Å²) in [6.07, 6.45) is 1.24. The zero-order valence-corrected chi connectivity index (χ0v) is 19.9. The third-order valence-electron chi connectivity index (χ3n) is 4.79. The fraction of sp³-hybridized carbons (Fsp3) is 0.368. The molecule has 0 fully saturated rings. The van der Waals surface area contributed by atoms with Crippen molar-refractivity contribution in [1.82, 2.24) is 3.26 Å². The molecule has 0 radical (unpaired) electrons. The van der Waals surface area contributed by atoms with Crippen molar-refractivity contribution in [3.63, 3.8) is 0 Å². The molecular weight excluding hydrogens is 432 g/mol. The van der Waals surface area contributed by atoms with Crippen molar-refractivity contribution in [2.45, 2.75) is 43.0 Å². The summed E-state index contributed by atoms with van der Waals surface area (Å²) in [5.74, 6) is -0.641. The van der Waals surface area contributed by atoms with Crippen molar-refractivity contribution >= 4 is 5.92 Å². The molecule has 0 aromatic heterocycles. The molecule has 0 heterocycles. The molecule has 3 rings (SSSR count). The number of rotatable bonds is 5. The van der Waals surface area contributed by atoms with Gasteiger partial charge in [0.15, 0.2) is 0 Å². The van der Waals surface area contributed by atoms with Crippen LogP contribution in [0.2, 0.25) is 13.1 Å². The molecule has 129 valence electrons. The third kappa shape index (κ3) is 4.24. The average Bonchev–Trinajstić information content (AvgIpc) is 2.86. The summed E-state index contributed by atoms with van der Waals surface area (Å²) in [6, 6.07) is 18.9. The summed E-state index contributed by atoms with van der Waals surface area (Å²) in [5.41, 5.74) is 6.19. The zero-order chi connectivity index (χ0) is 15.7. The van der Waals surface area contributed by atoms with Gasteiger partial charge in [-0.25, -0.2) is 0 Å². The van der Waals surface area contributed by atoms with Gasteiger partial charge in [-0.2, -0.15) is 0 Å². The first-order valence-electron chi connectivity index (χ1n) is 8.45. The quantitative estimate of drug-likeness (QED) is 0.548. The van der Waals surface area contributed by atoms with E-state index < -0.39 is 27.1 Å². The Morgan fingerprint density at radius 3 is 1.83 bits per heavy atom. The van der Waals surface area contributed by atoms with Crippen LogP contribution in [0.25, 0.3) is 11.1 Å². The van der Waals surface area contributed by atoms with Gasteiger partial charge in [0.05, 0.1) is 0 Å². The van der Waals surface area contributed by atoms with E-state index in [0.29, 0.717) is 6.04 Å². The molecule has 1 atom stereocenters. The molecule has 2 aromatic rings. The van der Waals surface area contributed by atoms with Crippen molar-refractivity contribution in [3.8, 4) is 11.1 Å². The fourth-order valence-corrected chi connectivity index (χ4v) is 20.8. The number of fused-ring (bicyclic) bond motifs is 3. The van der Waals surface area contributed by atoms with Crippen LogP contribution in [0.5, 0.6) is 0 Å². The molecule has 1 aliphatic carbocycles. The molecule has 5 heteroatoms. The zero-order valence-electron chi connectivity index (χ0n) is 14.8. The van der Waals surface area contributed by atoms with Crippen molar-refractivity contribution < 1.29 is 46.0 Å². The smallest absolute Gasteiger partial charge is 1.00 e. The normalized spacial score (nSPS) is 13.5. The van der Waals surface area contributed by atoms with Crippen LogP contribution >= 0.6 is 0 Å². The Labute approximate surface area is 168 Å². The monoisotopic (exact) mass is 456 g/mol. The van der Waals surface area contributed by atoms with Crippen LogP contribution in [0.15, 0.2) is 48.5 Å². The van der Waals surface area contributed by atoms with Crippen molar-refractivity contribution in [3.05, 3.63) is 59.7 Å². The molecule has 0 amide bonds. The van der Waals surface area contributed by atoms with Crippen LogP contribution in [-0.2, 0) is 21.2 Å². The molecule has 1 unspecified atom stereocenters. The molecule has 0 bridgehead atoms. The van der Waals surface area contributed by atoms with Gasteiger partial charge in [0.1, 0.15) is 0 Å². The van der Waals surface area contributed by atoms with Gasteiger partial charge in [-0.3, -0.25) is 0 Å². The second kappa shape index (κ2) is 9.69. The minimum atomic E-state index is -1.70. The van der Waals surface area contributed by atoms with Gasteiger partial charge >= 0.3 is 144 Å². The molecule has 0 aliphatic heterocycles. The number of nitrogens with one attached hydrogen (secondary N) is 1. The van der Waals surface area contributed by atoms with Gasteiger partial charge in [0.2, 0.25) is 0 Å². The topological polar surface area (TPSA) is 12.0 Å². The van der Waals surface area contributed by atoms with Gasteiger partial charge in [0, 0.05) is 0 Å². The van der Waals surface area contributed by atoms with Crippen LogP contribution in [-0.4, -0.2) is 12.0 Å². The molecule has 2 aromatic carbocycles. The van der Waals surface area contributed by atoms with Crippen molar-refractivity contribution in [2.24, 2.45) is 0 Å². The summed E-state index contributed by atoms with van der Waals surface area (Å²) < 4.78 is 4.87. The minimum Gasteiger partial charge on any atom is -1.00 e. The molecular formula is C19H26Cl2NSiZr. The molecule has 1 N–H and O–H groups in total. The minimum absolute atomic E-state index is 0. The van der Waals surface area contributed by atoms with E-state index in [1.54, 1.807) is 11.1 Å². The number of hydrogen-bond donors (Lipinski definition) is 1. The Balaban J connectivity index is 0.00000144. The molecule has 24 heavy (non-hydrogen) atoms. The van der Waals surface area contributed by atoms with Crippen LogP contribution in [0, 0.1) is 0 Å². The predicted octanol–water partition coefficient (Wildman–Crippen LogP) is -1.33. The Bertz CT molecular complexity index is 620. The van der Waals surface area contributed by atoms with Crippen LogP contribution in [0.1, 0.15) is 35.0 Å². The predicted molar refractivity (Wildman–Crippen MR) is 95.5 cm³/mol. The van der Waals surface area contributed by atoms with Crippen molar-refractivity contribution in [1.29, 1.82) is 0 Å². The van der Waals surface area contributed by atoms with E-state index >= 15 is 0 Å². The van der Waals surface area contributed by atoms with E-state index in [4.69, 9.17) is 0 Å². The van der Waals surface area contributed by atoms with E-state index in [0.717, 1.165) is 3.63 Å². The van der Waals surface area contributed by atoms with E-state index in [1.165, 1.54) is 17.5 Å². The van der Waals surface area contributed by atoms with Gasteiger partial charge in [-0.05, 0) is 0 Å². The fourth-order valence-electron chi connectivity index (χ4n) is 3.46. The van der Waals surface area contributed by atoms with Gasteiger partial charge in [-0.1, -0.05) is 0 Å².